The first kappa shape index (κ1) is 21.8. The Bertz CT molecular complexity index is 1080. The number of fused-ring (bicyclic) bond motifs is 4. The summed E-state index contributed by atoms with van der Waals surface area (Å²) in [4.78, 5) is 17.2. The molecule has 2 aromatic rings. The molecule has 2 atom stereocenters. The van der Waals surface area contributed by atoms with Gasteiger partial charge < -0.3 is 19.5 Å². The molecule has 2 bridgehead atoms. The van der Waals surface area contributed by atoms with E-state index in [1.807, 2.05) is 23.1 Å². The van der Waals surface area contributed by atoms with Gasteiger partial charge in [-0.25, -0.2) is 4.79 Å². The van der Waals surface area contributed by atoms with Crippen LogP contribution in [0.2, 0.25) is 0 Å². The standard InChI is InChI=1S/C28H34N2O4/c1-33-22-14-21(15-23(16-22)34-2)19-3-4-24-20(13-19)5-8-28(9-10-28)26(24)30(27(31)32)25-17-29-11-6-18(25)7-12-29/h3-4,13-16,18,25-26H,5-12,17H2,1-2H3,(H,31,32)/t25?,26-/m1/s1. The Kier molecular flexibility index (Phi) is 5.25. The van der Waals surface area contributed by atoms with Gasteiger partial charge in [0, 0.05) is 12.6 Å². The summed E-state index contributed by atoms with van der Waals surface area (Å²) in [6.07, 6.45) is 5.85. The van der Waals surface area contributed by atoms with Gasteiger partial charge in [-0.05, 0) is 97.3 Å². The molecular formula is C28H34N2O4. The van der Waals surface area contributed by atoms with Crippen molar-refractivity contribution >= 4 is 6.09 Å². The molecular weight excluding hydrogens is 428 g/mol. The van der Waals surface area contributed by atoms with Gasteiger partial charge in [0.1, 0.15) is 11.5 Å². The number of rotatable bonds is 5. The molecule has 1 saturated carbocycles. The number of amides is 1. The lowest BCUT2D eigenvalue weighted by atomic mass is 9.73. The fraction of sp³-hybridized carbons (Fsp3) is 0.536. The van der Waals surface area contributed by atoms with Crippen molar-refractivity contribution in [3.8, 4) is 22.6 Å². The van der Waals surface area contributed by atoms with Crippen molar-refractivity contribution in [1.82, 2.24) is 9.80 Å². The van der Waals surface area contributed by atoms with E-state index in [4.69, 9.17) is 9.47 Å². The van der Waals surface area contributed by atoms with Gasteiger partial charge in [-0.3, -0.25) is 4.90 Å². The van der Waals surface area contributed by atoms with Crippen LogP contribution in [0.4, 0.5) is 4.79 Å². The molecule has 6 nitrogen and oxygen atoms in total. The molecule has 4 fully saturated rings. The summed E-state index contributed by atoms with van der Waals surface area (Å²) in [6, 6.07) is 12.6. The predicted octanol–water partition coefficient (Wildman–Crippen LogP) is 5.21. The molecule has 2 aromatic carbocycles. The number of ether oxygens (including phenoxy) is 2. The summed E-state index contributed by atoms with van der Waals surface area (Å²) in [7, 11) is 3.33. The predicted molar refractivity (Wildman–Crippen MR) is 131 cm³/mol. The molecule has 180 valence electrons. The Balaban J connectivity index is 1.40. The summed E-state index contributed by atoms with van der Waals surface area (Å²) in [5, 5.41) is 10.5. The molecule has 3 heterocycles. The summed E-state index contributed by atoms with van der Waals surface area (Å²) < 4.78 is 11.0. The maximum absolute atomic E-state index is 12.8. The van der Waals surface area contributed by atoms with Crippen molar-refractivity contribution in [3.63, 3.8) is 0 Å². The highest BCUT2D eigenvalue weighted by Gasteiger charge is 2.57. The third-order valence-corrected chi connectivity index (χ3v) is 8.96. The van der Waals surface area contributed by atoms with Crippen molar-refractivity contribution in [2.75, 3.05) is 33.9 Å². The van der Waals surface area contributed by atoms with Gasteiger partial charge >= 0.3 is 6.09 Å². The minimum absolute atomic E-state index is 0.0341. The fourth-order valence-electron chi connectivity index (χ4n) is 6.91. The molecule has 1 spiro atoms. The van der Waals surface area contributed by atoms with Gasteiger partial charge in [-0.15, -0.1) is 0 Å². The highest BCUT2D eigenvalue weighted by atomic mass is 16.5. The van der Waals surface area contributed by atoms with Crippen molar-refractivity contribution in [1.29, 1.82) is 0 Å². The van der Waals surface area contributed by atoms with Crippen LogP contribution < -0.4 is 9.47 Å². The van der Waals surface area contributed by atoms with Gasteiger partial charge in [0.15, 0.2) is 0 Å². The third kappa shape index (κ3) is 3.54. The molecule has 5 aliphatic rings. The normalized spacial score (nSPS) is 28.3. The zero-order valence-electron chi connectivity index (χ0n) is 20.1. The number of carboxylic acid groups (broad SMARTS) is 1. The second kappa shape index (κ2) is 8.19. The van der Waals surface area contributed by atoms with E-state index in [1.165, 1.54) is 11.1 Å². The molecule has 1 amide bonds. The molecule has 1 N–H and O–H groups in total. The summed E-state index contributed by atoms with van der Waals surface area (Å²) in [5.41, 5.74) is 4.80. The van der Waals surface area contributed by atoms with Gasteiger partial charge in [0.05, 0.1) is 26.3 Å². The first-order chi connectivity index (χ1) is 16.5. The Labute approximate surface area is 201 Å². The highest BCUT2D eigenvalue weighted by Crippen LogP contribution is 2.64. The van der Waals surface area contributed by atoms with Crippen molar-refractivity contribution < 1.29 is 19.4 Å². The second-order valence-corrected chi connectivity index (χ2v) is 10.7. The van der Waals surface area contributed by atoms with E-state index < -0.39 is 6.09 Å². The van der Waals surface area contributed by atoms with E-state index in [2.05, 4.69) is 23.1 Å². The summed E-state index contributed by atoms with van der Waals surface area (Å²) in [6.45, 7) is 3.13. The third-order valence-electron chi connectivity index (χ3n) is 8.96. The van der Waals surface area contributed by atoms with Gasteiger partial charge in [-0.2, -0.15) is 0 Å². The van der Waals surface area contributed by atoms with Crippen LogP contribution in [0, 0.1) is 11.3 Å². The molecule has 7 rings (SSSR count). The number of piperidine rings is 3. The average molecular weight is 463 g/mol. The van der Waals surface area contributed by atoms with Crippen LogP contribution in [0.3, 0.4) is 0 Å². The molecule has 2 aliphatic carbocycles. The lowest BCUT2D eigenvalue weighted by Gasteiger charge is -2.52. The number of aryl methyl sites for hydroxylation is 1. The Hall–Kier alpha value is -2.73. The minimum Gasteiger partial charge on any atom is -0.497 e. The molecule has 0 aromatic heterocycles. The van der Waals surface area contributed by atoms with Crippen molar-refractivity contribution in [2.24, 2.45) is 11.3 Å². The minimum atomic E-state index is -0.746. The quantitative estimate of drug-likeness (QED) is 0.661. The van der Waals surface area contributed by atoms with Gasteiger partial charge in [0.25, 0.3) is 0 Å². The van der Waals surface area contributed by atoms with Crippen molar-refractivity contribution in [2.45, 2.75) is 50.6 Å². The monoisotopic (exact) mass is 462 g/mol. The van der Waals surface area contributed by atoms with Gasteiger partial charge in [0.2, 0.25) is 0 Å². The number of benzene rings is 2. The number of hydrogen-bond acceptors (Lipinski definition) is 4. The second-order valence-electron chi connectivity index (χ2n) is 10.7. The summed E-state index contributed by atoms with van der Waals surface area (Å²) in [5.74, 6) is 2.02. The number of carbonyl (C=O) groups is 1. The molecule has 6 heteroatoms. The number of hydrogen-bond donors (Lipinski definition) is 1. The van der Waals surface area contributed by atoms with Crippen LogP contribution in [0.1, 0.15) is 49.3 Å². The lowest BCUT2D eigenvalue weighted by Crippen LogP contribution is -2.60. The number of nitrogens with zero attached hydrogens (tertiary/aromatic N) is 2. The van der Waals surface area contributed by atoms with Crippen molar-refractivity contribution in [3.05, 3.63) is 47.5 Å². The van der Waals surface area contributed by atoms with Crippen LogP contribution in [0.15, 0.2) is 36.4 Å². The molecule has 34 heavy (non-hydrogen) atoms. The van der Waals surface area contributed by atoms with E-state index in [0.29, 0.717) is 5.92 Å². The number of methoxy groups -OCH3 is 2. The Morgan fingerprint density at radius 2 is 1.71 bits per heavy atom. The largest absolute Gasteiger partial charge is 0.497 e. The first-order valence-corrected chi connectivity index (χ1v) is 12.6. The Morgan fingerprint density at radius 3 is 2.26 bits per heavy atom. The molecule has 3 saturated heterocycles. The van der Waals surface area contributed by atoms with Crippen LogP contribution >= 0.6 is 0 Å². The van der Waals surface area contributed by atoms with E-state index in [0.717, 1.165) is 80.8 Å². The lowest BCUT2D eigenvalue weighted by molar-refractivity contribution is -0.0243. The van der Waals surface area contributed by atoms with E-state index in [1.54, 1.807) is 14.2 Å². The topological polar surface area (TPSA) is 62.2 Å². The average Bonchev–Trinajstić information content (AvgIpc) is 3.65. The van der Waals surface area contributed by atoms with Crippen LogP contribution in [0.5, 0.6) is 11.5 Å². The van der Waals surface area contributed by atoms with E-state index >= 15 is 0 Å². The van der Waals surface area contributed by atoms with Crippen LogP contribution in [0.25, 0.3) is 11.1 Å². The maximum Gasteiger partial charge on any atom is 0.408 e. The van der Waals surface area contributed by atoms with E-state index in [9.17, 15) is 9.90 Å². The highest BCUT2D eigenvalue weighted by molar-refractivity contribution is 5.70. The maximum atomic E-state index is 12.8. The zero-order chi connectivity index (χ0) is 23.4. The van der Waals surface area contributed by atoms with Gasteiger partial charge in [-0.1, -0.05) is 18.2 Å². The van der Waals surface area contributed by atoms with E-state index in [-0.39, 0.29) is 17.5 Å². The Morgan fingerprint density at radius 1 is 1.00 bits per heavy atom. The van der Waals surface area contributed by atoms with Crippen LogP contribution in [-0.2, 0) is 6.42 Å². The first-order valence-electron chi connectivity index (χ1n) is 12.6. The summed E-state index contributed by atoms with van der Waals surface area (Å²) >= 11 is 0. The fourth-order valence-corrected chi connectivity index (χ4v) is 6.91. The smallest absolute Gasteiger partial charge is 0.408 e. The SMILES string of the molecule is COc1cc(OC)cc(-c2ccc3c(c2)CCC2(CC2)[C@@H]3N(C(=O)O)C2CN3CCC2CC3)c1. The molecule has 1 unspecified atom stereocenters. The molecule has 3 aliphatic heterocycles. The molecule has 0 radical (unpaired) electrons. The zero-order valence-corrected chi connectivity index (χ0v) is 20.1. The van der Waals surface area contributed by atoms with Crippen LogP contribution in [-0.4, -0.2) is 60.9 Å².